The maximum absolute atomic E-state index is 5.95. The van der Waals surface area contributed by atoms with E-state index in [4.69, 9.17) is 9.47 Å². The Bertz CT molecular complexity index is 384. The predicted octanol–water partition coefficient (Wildman–Crippen LogP) is 1.81. The van der Waals surface area contributed by atoms with E-state index in [0.717, 1.165) is 64.0 Å². The van der Waals surface area contributed by atoms with E-state index in [1.807, 2.05) is 7.05 Å². The summed E-state index contributed by atoms with van der Waals surface area (Å²) >= 11 is 0. The van der Waals surface area contributed by atoms with Crippen LogP contribution in [0.5, 0.6) is 0 Å². The van der Waals surface area contributed by atoms with Gasteiger partial charge in [-0.1, -0.05) is 6.92 Å². The van der Waals surface area contributed by atoms with Gasteiger partial charge in [-0.25, -0.2) is 0 Å². The number of hydrogen-bond donors (Lipinski definition) is 1. The second-order valence-electron chi connectivity index (χ2n) is 7.23. The number of methoxy groups -OCH3 is 1. The van der Waals surface area contributed by atoms with Crippen LogP contribution in [0.3, 0.4) is 0 Å². The Labute approximate surface area is 153 Å². The van der Waals surface area contributed by atoms with Gasteiger partial charge in [0.25, 0.3) is 0 Å². The zero-order chi connectivity index (χ0) is 17.9. The van der Waals surface area contributed by atoms with Gasteiger partial charge >= 0.3 is 0 Å². The van der Waals surface area contributed by atoms with Crippen LogP contribution >= 0.6 is 0 Å². The number of hydrogen-bond acceptors (Lipinski definition) is 4. The van der Waals surface area contributed by atoms with Crippen molar-refractivity contribution in [3.8, 4) is 0 Å². The van der Waals surface area contributed by atoms with Crippen molar-refractivity contribution in [2.45, 2.75) is 45.1 Å². The molecule has 0 saturated carbocycles. The first kappa shape index (κ1) is 20.5. The Morgan fingerprint density at radius 1 is 1.16 bits per heavy atom. The third-order valence-electron chi connectivity index (χ3n) is 5.40. The van der Waals surface area contributed by atoms with Crippen LogP contribution in [0.15, 0.2) is 4.99 Å². The van der Waals surface area contributed by atoms with E-state index in [-0.39, 0.29) is 0 Å². The molecular weight excluding hydrogens is 316 g/mol. The summed E-state index contributed by atoms with van der Waals surface area (Å²) in [6, 6.07) is 0. The van der Waals surface area contributed by atoms with Crippen LogP contribution in [0.1, 0.15) is 39.0 Å². The number of likely N-dealkylation sites (tertiary alicyclic amines) is 2. The first-order valence-corrected chi connectivity index (χ1v) is 10.0. The Balaban J connectivity index is 1.66. The van der Waals surface area contributed by atoms with Crippen LogP contribution in [0, 0.1) is 5.92 Å². The fourth-order valence-electron chi connectivity index (χ4n) is 3.86. The van der Waals surface area contributed by atoms with Crippen LogP contribution in [0.25, 0.3) is 0 Å². The van der Waals surface area contributed by atoms with Crippen molar-refractivity contribution >= 4 is 5.96 Å². The number of ether oxygens (including phenoxy) is 2. The minimum Gasteiger partial charge on any atom is -0.385 e. The lowest BCUT2D eigenvalue weighted by atomic mass is 9.98. The molecule has 6 heteroatoms. The minimum absolute atomic E-state index is 0.391. The van der Waals surface area contributed by atoms with E-state index >= 15 is 0 Å². The van der Waals surface area contributed by atoms with Crippen molar-refractivity contribution in [2.24, 2.45) is 10.9 Å². The molecule has 0 amide bonds. The molecule has 0 aromatic heterocycles. The minimum atomic E-state index is 0.391. The maximum Gasteiger partial charge on any atom is 0.193 e. The standard InChI is InChI=1S/C19H38N4O2/c1-4-22-10-5-7-17(16-22)15-21-19(20-2)23-11-8-18(9-12-23)25-14-6-13-24-3/h17-18H,4-16H2,1-3H3,(H,20,21). The molecule has 0 spiro atoms. The van der Waals surface area contributed by atoms with E-state index < -0.39 is 0 Å². The average molecular weight is 355 g/mol. The van der Waals surface area contributed by atoms with Crippen molar-refractivity contribution in [2.75, 3.05) is 66.6 Å². The van der Waals surface area contributed by atoms with Gasteiger partial charge in [-0.15, -0.1) is 0 Å². The molecule has 25 heavy (non-hydrogen) atoms. The normalized spacial score (nSPS) is 23.9. The number of rotatable bonds is 8. The maximum atomic E-state index is 5.95. The molecule has 2 fully saturated rings. The number of guanidine groups is 1. The summed E-state index contributed by atoms with van der Waals surface area (Å²) in [6.45, 7) is 10.6. The van der Waals surface area contributed by atoms with Crippen molar-refractivity contribution < 1.29 is 9.47 Å². The van der Waals surface area contributed by atoms with Gasteiger partial charge in [-0.2, -0.15) is 0 Å². The molecule has 2 aliphatic heterocycles. The smallest absolute Gasteiger partial charge is 0.193 e. The lowest BCUT2D eigenvalue weighted by Gasteiger charge is -2.36. The average Bonchev–Trinajstić information content (AvgIpc) is 2.67. The van der Waals surface area contributed by atoms with E-state index in [2.05, 4.69) is 27.0 Å². The van der Waals surface area contributed by atoms with Gasteiger partial charge < -0.3 is 24.6 Å². The summed E-state index contributed by atoms with van der Waals surface area (Å²) in [5.74, 6) is 1.80. The molecule has 2 saturated heterocycles. The van der Waals surface area contributed by atoms with Crippen molar-refractivity contribution in [1.82, 2.24) is 15.1 Å². The first-order valence-electron chi connectivity index (χ1n) is 10.0. The van der Waals surface area contributed by atoms with Crippen LogP contribution in [0.2, 0.25) is 0 Å². The van der Waals surface area contributed by atoms with Crippen LogP contribution in [-0.2, 0) is 9.47 Å². The molecule has 0 bridgehead atoms. The third kappa shape index (κ3) is 7.12. The zero-order valence-corrected chi connectivity index (χ0v) is 16.5. The third-order valence-corrected chi connectivity index (χ3v) is 5.40. The molecule has 0 aromatic rings. The van der Waals surface area contributed by atoms with Gasteiger partial charge in [0, 0.05) is 53.6 Å². The SMILES string of the molecule is CCN1CCCC(CNC(=NC)N2CCC(OCCCOC)CC2)C1. The molecule has 1 atom stereocenters. The van der Waals surface area contributed by atoms with Gasteiger partial charge in [-0.3, -0.25) is 4.99 Å². The van der Waals surface area contributed by atoms with Gasteiger partial charge in [0.15, 0.2) is 5.96 Å². The number of aliphatic imine (C=N–C) groups is 1. The fraction of sp³-hybridized carbons (Fsp3) is 0.947. The van der Waals surface area contributed by atoms with Gasteiger partial charge in [0.05, 0.1) is 6.10 Å². The summed E-state index contributed by atoms with van der Waals surface area (Å²) in [5, 5.41) is 3.62. The summed E-state index contributed by atoms with van der Waals surface area (Å²) in [7, 11) is 3.64. The van der Waals surface area contributed by atoms with Gasteiger partial charge in [0.1, 0.15) is 0 Å². The highest BCUT2D eigenvalue weighted by molar-refractivity contribution is 5.79. The monoisotopic (exact) mass is 354 g/mol. The fourth-order valence-corrected chi connectivity index (χ4v) is 3.86. The second kappa shape index (κ2) is 11.7. The number of nitrogens with one attached hydrogen (secondary N) is 1. The van der Waals surface area contributed by atoms with Gasteiger partial charge in [0.2, 0.25) is 0 Å². The molecule has 146 valence electrons. The molecule has 0 aliphatic carbocycles. The Morgan fingerprint density at radius 3 is 2.64 bits per heavy atom. The lowest BCUT2D eigenvalue weighted by molar-refractivity contribution is 0.00985. The zero-order valence-electron chi connectivity index (χ0n) is 16.5. The molecule has 6 nitrogen and oxygen atoms in total. The van der Waals surface area contributed by atoms with Gasteiger partial charge in [-0.05, 0) is 51.1 Å². The second-order valence-corrected chi connectivity index (χ2v) is 7.23. The molecule has 2 aliphatic rings. The Kier molecular flexibility index (Phi) is 9.58. The topological polar surface area (TPSA) is 49.3 Å². The van der Waals surface area contributed by atoms with Crippen molar-refractivity contribution in [1.29, 1.82) is 0 Å². The lowest BCUT2D eigenvalue weighted by Crippen LogP contribution is -2.49. The molecule has 0 radical (unpaired) electrons. The Morgan fingerprint density at radius 2 is 1.96 bits per heavy atom. The van der Waals surface area contributed by atoms with E-state index in [9.17, 15) is 0 Å². The van der Waals surface area contributed by atoms with Crippen LogP contribution in [0.4, 0.5) is 0 Å². The molecule has 1 unspecified atom stereocenters. The van der Waals surface area contributed by atoms with Crippen molar-refractivity contribution in [3.63, 3.8) is 0 Å². The van der Waals surface area contributed by atoms with E-state index in [1.54, 1.807) is 7.11 Å². The van der Waals surface area contributed by atoms with Crippen LogP contribution in [-0.4, -0.2) is 88.5 Å². The highest BCUT2D eigenvalue weighted by Crippen LogP contribution is 2.17. The molecule has 2 rings (SSSR count). The highest BCUT2D eigenvalue weighted by Gasteiger charge is 2.23. The summed E-state index contributed by atoms with van der Waals surface area (Å²) < 4.78 is 11.0. The summed E-state index contributed by atoms with van der Waals surface area (Å²) in [6.07, 6.45) is 6.20. The number of nitrogens with zero attached hydrogens (tertiary/aromatic N) is 3. The predicted molar refractivity (Wildman–Crippen MR) is 103 cm³/mol. The molecule has 2 heterocycles. The first-order chi connectivity index (χ1) is 12.3. The molecular formula is C19H38N4O2. The van der Waals surface area contributed by atoms with E-state index in [0.29, 0.717) is 6.10 Å². The van der Waals surface area contributed by atoms with Crippen molar-refractivity contribution in [3.05, 3.63) is 0 Å². The largest absolute Gasteiger partial charge is 0.385 e. The highest BCUT2D eigenvalue weighted by atomic mass is 16.5. The van der Waals surface area contributed by atoms with E-state index in [1.165, 1.54) is 32.5 Å². The Hall–Kier alpha value is -0.850. The quantitative estimate of drug-likeness (QED) is 0.409. The summed E-state index contributed by atoms with van der Waals surface area (Å²) in [4.78, 5) is 9.45. The molecule has 0 aromatic carbocycles. The number of piperidine rings is 2. The summed E-state index contributed by atoms with van der Waals surface area (Å²) in [5.41, 5.74) is 0. The molecule has 1 N–H and O–H groups in total. The van der Waals surface area contributed by atoms with Crippen LogP contribution < -0.4 is 5.32 Å².